The van der Waals surface area contributed by atoms with Crippen LogP contribution in [0.25, 0.3) is 5.70 Å². The predicted molar refractivity (Wildman–Crippen MR) is 134 cm³/mol. The van der Waals surface area contributed by atoms with Crippen molar-refractivity contribution in [1.29, 1.82) is 0 Å². The number of aryl methyl sites for hydroxylation is 2. The Labute approximate surface area is 203 Å². The van der Waals surface area contributed by atoms with Crippen LogP contribution in [0.2, 0.25) is 5.02 Å². The van der Waals surface area contributed by atoms with Crippen molar-refractivity contribution >= 4 is 39.2 Å². The maximum absolute atomic E-state index is 12.9. The molecule has 9 heteroatoms. The topological polar surface area (TPSA) is 88.9 Å². The Bertz CT molecular complexity index is 1480. The van der Waals surface area contributed by atoms with Crippen LogP contribution in [0.1, 0.15) is 28.3 Å². The molecule has 0 amide bonds. The summed E-state index contributed by atoms with van der Waals surface area (Å²) in [6.07, 6.45) is 2.04. The zero-order chi connectivity index (χ0) is 23.9. The number of hydrogen-bond acceptors (Lipinski definition) is 5. The number of allylic oxidation sites excluding steroid dienone is 1. The summed E-state index contributed by atoms with van der Waals surface area (Å²) in [5.41, 5.74) is 4.87. The van der Waals surface area contributed by atoms with Crippen LogP contribution in [0.15, 0.2) is 83.8 Å². The molecule has 0 spiro atoms. The minimum Gasteiger partial charge on any atom is -0.324 e. The number of benzene rings is 3. The third-order valence-electron chi connectivity index (χ3n) is 5.60. The second-order valence-corrected chi connectivity index (χ2v) is 10.3. The molecule has 3 aromatic carbocycles. The van der Waals surface area contributed by atoms with Crippen LogP contribution in [0.4, 0.5) is 11.9 Å². The van der Waals surface area contributed by atoms with Gasteiger partial charge in [-0.1, -0.05) is 71.3 Å². The zero-order valence-electron chi connectivity index (χ0n) is 18.5. The van der Waals surface area contributed by atoms with Gasteiger partial charge >= 0.3 is 0 Å². The van der Waals surface area contributed by atoms with Crippen molar-refractivity contribution in [2.45, 2.75) is 24.8 Å². The van der Waals surface area contributed by atoms with Gasteiger partial charge in [0.05, 0.1) is 4.90 Å². The molecule has 0 saturated heterocycles. The Morgan fingerprint density at radius 1 is 0.912 bits per heavy atom. The van der Waals surface area contributed by atoms with E-state index in [1.165, 1.54) is 0 Å². The lowest BCUT2D eigenvalue weighted by atomic mass is 10.0. The summed E-state index contributed by atoms with van der Waals surface area (Å²) in [5.74, 6) is 0.422. The monoisotopic (exact) mass is 491 g/mol. The molecule has 1 aromatic heterocycles. The van der Waals surface area contributed by atoms with Gasteiger partial charge in [-0.25, -0.2) is 17.8 Å². The smallest absolute Gasteiger partial charge is 0.264 e. The van der Waals surface area contributed by atoms with E-state index < -0.39 is 10.0 Å². The van der Waals surface area contributed by atoms with Crippen molar-refractivity contribution in [2.75, 3.05) is 10.0 Å². The molecule has 0 bridgehead atoms. The van der Waals surface area contributed by atoms with Gasteiger partial charge in [-0.2, -0.15) is 4.98 Å². The highest BCUT2D eigenvalue weighted by Crippen LogP contribution is 2.34. The minimum atomic E-state index is -3.84. The maximum atomic E-state index is 12.9. The number of nitrogens with zero attached hydrogens (tertiary/aromatic N) is 3. The summed E-state index contributed by atoms with van der Waals surface area (Å²) in [6.45, 7) is 3.93. The number of rotatable bonds is 5. The lowest BCUT2D eigenvalue weighted by molar-refractivity contribution is 0.598. The SMILES string of the molecule is Cc1ccc(C2C=C(c3ccc(Cl)cc3)Nc3nc(NS(=O)(=O)c4ccc(C)cc4)nn32)cc1. The van der Waals surface area contributed by atoms with E-state index in [1.54, 1.807) is 28.9 Å². The van der Waals surface area contributed by atoms with Crippen molar-refractivity contribution in [3.05, 3.63) is 106 Å². The average Bonchev–Trinajstić information content (AvgIpc) is 3.21. The average molecular weight is 492 g/mol. The molecule has 7 nitrogen and oxygen atoms in total. The van der Waals surface area contributed by atoms with Crippen molar-refractivity contribution in [3.8, 4) is 0 Å². The Kier molecular flexibility index (Phi) is 5.63. The van der Waals surface area contributed by atoms with Crippen LogP contribution in [-0.4, -0.2) is 23.2 Å². The normalized spacial score (nSPS) is 15.3. The number of fused-ring (bicyclic) bond motifs is 1. The van der Waals surface area contributed by atoms with Gasteiger partial charge in [0, 0.05) is 10.7 Å². The van der Waals surface area contributed by atoms with Crippen molar-refractivity contribution in [2.24, 2.45) is 0 Å². The highest BCUT2D eigenvalue weighted by molar-refractivity contribution is 7.92. The number of anilines is 2. The second-order valence-electron chi connectivity index (χ2n) is 8.19. The predicted octanol–water partition coefficient (Wildman–Crippen LogP) is 5.41. The Hall–Kier alpha value is -3.62. The number of nitrogens with one attached hydrogen (secondary N) is 2. The first-order valence-electron chi connectivity index (χ1n) is 10.7. The molecule has 0 aliphatic carbocycles. The highest BCUT2D eigenvalue weighted by Gasteiger charge is 2.27. The fourth-order valence-corrected chi connectivity index (χ4v) is 4.80. The summed E-state index contributed by atoms with van der Waals surface area (Å²) in [5, 5.41) is 8.40. The molecule has 172 valence electrons. The highest BCUT2D eigenvalue weighted by atomic mass is 35.5. The largest absolute Gasteiger partial charge is 0.324 e. The molecule has 1 unspecified atom stereocenters. The van der Waals surface area contributed by atoms with Gasteiger partial charge in [0.1, 0.15) is 6.04 Å². The van der Waals surface area contributed by atoms with Crippen LogP contribution >= 0.6 is 11.6 Å². The summed E-state index contributed by atoms with van der Waals surface area (Å²) in [4.78, 5) is 4.60. The van der Waals surface area contributed by atoms with Crippen molar-refractivity contribution in [1.82, 2.24) is 14.8 Å². The first kappa shape index (κ1) is 22.2. The zero-order valence-corrected chi connectivity index (χ0v) is 20.1. The summed E-state index contributed by atoms with van der Waals surface area (Å²) < 4.78 is 30.0. The van der Waals surface area contributed by atoms with Crippen LogP contribution in [0, 0.1) is 13.8 Å². The molecular weight excluding hydrogens is 470 g/mol. The Morgan fingerprint density at radius 2 is 1.53 bits per heavy atom. The van der Waals surface area contributed by atoms with E-state index in [0.717, 1.165) is 28.0 Å². The van der Waals surface area contributed by atoms with Crippen molar-refractivity contribution < 1.29 is 8.42 Å². The van der Waals surface area contributed by atoms with Crippen LogP contribution < -0.4 is 10.0 Å². The lowest BCUT2D eigenvalue weighted by Crippen LogP contribution is -2.20. The lowest BCUT2D eigenvalue weighted by Gasteiger charge is -2.24. The minimum absolute atomic E-state index is 0.00839. The standard InChI is InChI=1S/C25H22ClN5O2S/c1-16-3-7-19(8-4-16)23-15-22(18-9-11-20(26)12-10-18)27-25-28-24(29-31(23)25)30-34(32,33)21-13-5-17(2)6-14-21/h3-15,23H,1-2H3,(H2,27,28,29,30). The fourth-order valence-electron chi connectivity index (χ4n) is 3.73. The van der Waals surface area contributed by atoms with Crippen LogP contribution in [-0.2, 0) is 10.0 Å². The summed E-state index contributed by atoms with van der Waals surface area (Å²) >= 11 is 6.06. The Balaban J connectivity index is 1.53. The summed E-state index contributed by atoms with van der Waals surface area (Å²) in [7, 11) is -3.84. The van der Waals surface area contributed by atoms with Gasteiger partial charge in [-0.3, -0.25) is 0 Å². The van der Waals surface area contributed by atoms with Gasteiger partial charge < -0.3 is 5.32 Å². The summed E-state index contributed by atoms with van der Waals surface area (Å²) in [6, 6.07) is 21.9. The van der Waals surface area contributed by atoms with E-state index in [-0.39, 0.29) is 16.9 Å². The number of hydrogen-bond donors (Lipinski definition) is 2. The van der Waals surface area contributed by atoms with Crippen LogP contribution in [0.3, 0.4) is 0 Å². The van der Waals surface area contributed by atoms with E-state index in [4.69, 9.17) is 11.6 Å². The van der Waals surface area contributed by atoms with Gasteiger partial charge in [-0.15, -0.1) is 5.10 Å². The Morgan fingerprint density at radius 3 is 2.18 bits per heavy atom. The molecule has 1 aliphatic heterocycles. The molecule has 2 N–H and O–H groups in total. The van der Waals surface area contributed by atoms with E-state index in [2.05, 4.69) is 20.1 Å². The van der Waals surface area contributed by atoms with E-state index >= 15 is 0 Å². The van der Waals surface area contributed by atoms with Crippen molar-refractivity contribution in [3.63, 3.8) is 0 Å². The second kappa shape index (κ2) is 8.62. The number of aromatic nitrogens is 3. The van der Waals surface area contributed by atoms with E-state index in [9.17, 15) is 8.42 Å². The molecule has 34 heavy (non-hydrogen) atoms. The molecule has 4 aromatic rings. The number of sulfonamides is 1. The molecule has 0 fully saturated rings. The first-order valence-corrected chi connectivity index (χ1v) is 12.5. The third kappa shape index (κ3) is 4.42. The van der Waals surface area contributed by atoms with Gasteiger partial charge in [0.25, 0.3) is 16.0 Å². The van der Waals surface area contributed by atoms with Gasteiger partial charge in [-0.05, 0) is 55.3 Å². The molecule has 1 atom stereocenters. The fraction of sp³-hybridized carbons (Fsp3) is 0.120. The number of halogens is 1. The molecule has 2 heterocycles. The third-order valence-corrected chi connectivity index (χ3v) is 7.19. The van der Waals surface area contributed by atoms with Crippen LogP contribution in [0.5, 0.6) is 0 Å². The maximum Gasteiger partial charge on any atom is 0.264 e. The van der Waals surface area contributed by atoms with E-state index in [1.807, 2.05) is 68.5 Å². The quantitative estimate of drug-likeness (QED) is 0.390. The molecule has 1 aliphatic rings. The van der Waals surface area contributed by atoms with E-state index in [0.29, 0.717) is 11.0 Å². The van der Waals surface area contributed by atoms with Gasteiger partial charge in [0.15, 0.2) is 0 Å². The first-order chi connectivity index (χ1) is 16.3. The van der Waals surface area contributed by atoms with Gasteiger partial charge in [0.2, 0.25) is 5.95 Å². The molecule has 0 saturated carbocycles. The molecule has 5 rings (SSSR count). The molecular formula is C25H22ClN5O2S. The molecule has 0 radical (unpaired) electrons.